The lowest BCUT2D eigenvalue weighted by molar-refractivity contribution is -0.137. The zero-order valence-electron chi connectivity index (χ0n) is 17.2. The van der Waals surface area contributed by atoms with E-state index in [0.717, 1.165) is 37.8 Å². The molecule has 1 aliphatic rings. The van der Waals surface area contributed by atoms with Crippen molar-refractivity contribution in [3.8, 4) is 0 Å². The fourth-order valence-electron chi connectivity index (χ4n) is 3.45. The molecule has 174 valence electrons. The van der Waals surface area contributed by atoms with Gasteiger partial charge in [0, 0.05) is 18.0 Å². The summed E-state index contributed by atoms with van der Waals surface area (Å²) in [5, 5.41) is -0.178. The summed E-state index contributed by atoms with van der Waals surface area (Å²) in [5.74, 6) is -0.259. The molecule has 1 N–H and O–H groups in total. The molecule has 1 heterocycles. The fourth-order valence-corrected chi connectivity index (χ4v) is 5.34. The Morgan fingerprint density at radius 1 is 1.06 bits per heavy atom. The van der Waals surface area contributed by atoms with Gasteiger partial charge in [0.1, 0.15) is 0 Å². The molecule has 0 saturated carbocycles. The van der Waals surface area contributed by atoms with Crippen LogP contribution in [0.25, 0.3) is 0 Å². The Kier molecular flexibility index (Phi) is 7.67. The van der Waals surface area contributed by atoms with Crippen LogP contribution in [0.2, 0.25) is 5.02 Å². The van der Waals surface area contributed by atoms with Gasteiger partial charge in [0.15, 0.2) is 0 Å². The van der Waals surface area contributed by atoms with Crippen LogP contribution >= 0.6 is 23.4 Å². The molecular formula is C21H22ClF3N2O3S2. The van der Waals surface area contributed by atoms with Gasteiger partial charge >= 0.3 is 6.18 Å². The Balaban J connectivity index is 1.95. The Bertz CT molecular complexity index is 1100. The zero-order valence-corrected chi connectivity index (χ0v) is 19.6. The van der Waals surface area contributed by atoms with E-state index < -0.39 is 27.5 Å². The zero-order chi connectivity index (χ0) is 23.5. The molecule has 3 rings (SSSR count). The van der Waals surface area contributed by atoms with E-state index in [2.05, 4.69) is 4.72 Å². The maximum absolute atomic E-state index is 13.1. The van der Waals surface area contributed by atoms with E-state index in [1.807, 2.05) is 0 Å². The van der Waals surface area contributed by atoms with Crippen molar-refractivity contribution < 1.29 is 26.4 Å². The molecule has 1 fully saturated rings. The molecule has 1 saturated heterocycles. The first-order valence-electron chi connectivity index (χ1n) is 9.90. The Morgan fingerprint density at radius 3 is 2.31 bits per heavy atom. The van der Waals surface area contributed by atoms with Crippen LogP contribution in [0.3, 0.4) is 0 Å². The minimum absolute atomic E-state index is 0.178. The number of benzene rings is 2. The molecule has 32 heavy (non-hydrogen) atoms. The Labute approximate surface area is 194 Å². The number of anilines is 1. The predicted molar refractivity (Wildman–Crippen MR) is 120 cm³/mol. The van der Waals surface area contributed by atoms with Crippen LogP contribution < -0.4 is 4.72 Å². The molecule has 1 amide bonds. The molecule has 1 aliphatic heterocycles. The molecule has 2 aromatic carbocycles. The lowest BCUT2D eigenvalue weighted by Crippen LogP contribution is -2.32. The minimum atomic E-state index is -4.66. The number of alkyl halides is 3. The van der Waals surface area contributed by atoms with E-state index in [0.29, 0.717) is 24.1 Å². The smallest absolute Gasteiger partial charge is 0.339 e. The molecular weight excluding hydrogens is 485 g/mol. The number of likely N-dealkylation sites (tertiary alicyclic amines) is 1. The largest absolute Gasteiger partial charge is 0.416 e. The second-order valence-corrected chi connectivity index (χ2v) is 10.3. The lowest BCUT2D eigenvalue weighted by atomic mass is 10.2. The van der Waals surface area contributed by atoms with Gasteiger partial charge in [-0.3, -0.25) is 9.52 Å². The van der Waals surface area contributed by atoms with Crippen molar-refractivity contribution in [3.63, 3.8) is 0 Å². The van der Waals surface area contributed by atoms with Crippen LogP contribution in [0, 0.1) is 0 Å². The lowest BCUT2D eigenvalue weighted by Gasteiger charge is -2.22. The number of thioether (sulfide) groups is 1. The topological polar surface area (TPSA) is 66.5 Å². The number of hydrogen-bond acceptors (Lipinski definition) is 4. The number of amides is 1. The molecule has 0 atom stereocenters. The monoisotopic (exact) mass is 506 g/mol. The molecule has 0 radical (unpaired) electrons. The van der Waals surface area contributed by atoms with Crippen molar-refractivity contribution in [2.24, 2.45) is 0 Å². The minimum Gasteiger partial charge on any atom is -0.339 e. The number of rotatable bonds is 5. The maximum atomic E-state index is 13.1. The summed E-state index contributed by atoms with van der Waals surface area (Å²) in [6.45, 7) is 1.20. The molecule has 0 unspecified atom stereocenters. The molecule has 2 aromatic rings. The normalized spacial score (nSPS) is 15.3. The highest BCUT2D eigenvalue weighted by atomic mass is 35.5. The van der Waals surface area contributed by atoms with E-state index in [4.69, 9.17) is 11.6 Å². The Hall–Kier alpha value is -1.91. The van der Waals surface area contributed by atoms with Crippen LogP contribution in [0.1, 0.15) is 41.6 Å². The summed E-state index contributed by atoms with van der Waals surface area (Å²) >= 11 is 7.24. The van der Waals surface area contributed by atoms with Gasteiger partial charge in [-0.15, -0.1) is 11.8 Å². The number of halogens is 4. The van der Waals surface area contributed by atoms with Crippen LogP contribution in [0.15, 0.2) is 46.2 Å². The van der Waals surface area contributed by atoms with Crippen LogP contribution in [0.5, 0.6) is 0 Å². The number of hydrogen-bond donors (Lipinski definition) is 1. The highest BCUT2D eigenvalue weighted by Crippen LogP contribution is 2.35. The van der Waals surface area contributed by atoms with E-state index in [9.17, 15) is 26.4 Å². The molecule has 5 nitrogen and oxygen atoms in total. The fraction of sp³-hybridized carbons (Fsp3) is 0.381. The van der Waals surface area contributed by atoms with Crippen molar-refractivity contribution in [3.05, 3.63) is 52.5 Å². The van der Waals surface area contributed by atoms with E-state index >= 15 is 0 Å². The van der Waals surface area contributed by atoms with Crippen molar-refractivity contribution in [2.45, 2.75) is 41.7 Å². The van der Waals surface area contributed by atoms with Crippen molar-refractivity contribution in [1.29, 1.82) is 0 Å². The molecule has 0 bridgehead atoms. The number of carbonyl (C=O) groups excluding carboxylic acids is 1. The van der Waals surface area contributed by atoms with Crippen LogP contribution in [-0.2, 0) is 16.2 Å². The van der Waals surface area contributed by atoms with Gasteiger partial charge in [-0.1, -0.05) is 24.4 Å². The summed E-state index contributed by atoms with van der Waals surface area (Å²) in [5.41, 5.74) is -1.18. The Morgan fingerprint density at radius 2 is 1.72 bits per heavy atom. The maximum Gasteiger partial charge on any atom is 0.416 e. The van der Waals surface area contributed by atoms with Crippen molar-refractivity contribution >= 4 is 45.0 Å². The summed E-state index contributed by atoms with van der Waals surface area (Å²) in [6.07, 6.45) is 0.966. The third-order valence-corrected chi connectivity index (χ3v) is 7.63. The van der Waals surface area contributed by atoms with Crippen LogP contribution in [-0.4, -0.2) is 38.6 Å². The van der Waals surface area contributed by atoms with Gasteiger partial charge in [-0.2, -0.15) is 13.2 Å². The summed E-state index contributed by atoms with van der Waals surface area (Å²) < 4.78 is 67.1. The molecule has 11 heteroatoms. The van der Waals surface area contributed by atoms with Crippen molar-refractivity contribution in [1.82, 2.24) is 4.90 Å². The van der Waals surface area contributed by atoms with Crippen LogP contribution in [0.4, 0.5) is 18.9 Å². The van der Waals surface area contributed by atoms with E-state index in [1.165, 1.54) is 30.0 Å². The second-order valence-electron chi connectivity index (χ2n) is 7.37. The SMILES string of the molecule is CSc1ccc(S(=O)(=O)Nc2cc(C(F)(F)F)ccc2Cl)cc1C(=O)N1CCCCCC1. The van der Waals surface area contributed by atoms with Gasteiger partial charge in [0.2, 0.25) is 0 Å². The number of nitrogens with one attached hydrogen (secondary N) is 1. The van der Waals surface area contributed by atoms with Gasteiger partial charge in [-0.25, -0.2) is 8.42 Å². The highest BCUT2D eigenvalue weighted by molar-refractivity contribution is 7.98. The average molecular weight is 507 g/mol. The van der Waals surface area contributed by atoms with E-state index in [-0.39, 0.29) is 21.4 Å². The van der Waals surface area contributed by atoms with Crippen molar-refractivity contribution in [2.75, 3.05) is 24.1 Å². The average Bonchev–Trinajstić information content (AvgIpc) is 3.03. The number of carbonyl (C=O) groups is 1. The predicted octanol–water partition coefficient (Wildman–Crippen LogP) is 5.90. The van der Waals surface area contributed by atoms with E-state index in [1.54, 1.807) is 11.2 Å². The number of nitrogens with zero attached hydrogens (tertiary/aromatic N) is 1. The van der Waals surface area contributed by atoms with Gasteiger partial charge in [0.25, 0.3) is 15.9 Å². The third-order valence-electron chi connectivity index (χ3n) is 5.14. The first-order valence-corrected chi connectivity index (χ1v) is 13.0. The standard InChI is InChI=1S/C21H22ClF3N2O3S2/c1-31-19-9-7-15(13-16(19)20(28)27-10-4-2-3-5-11-27)32(29,30)26-18-12-14(21(23,24)25)6-8-17(18)22/h6-9,12-13,26H,2-5,10-11H2,1H3. The number of sulfonamides is 1. The van der Waals surface area contributed by atoms with Gasteiger partial charge in [0.05, 0.1) is 26.7 Å². The molecule has 0 aromatic heterocycles. The first-order chi connectivity index (χ1) is 15.0. The molecule has 0 spiro atoms. The third kappa shape index (κ3) is 5.71. The highest BCUT2D eigenvalue weighted by Gasteiger charge is 2.31. The van der Waals surface area contributed by atoms with Gasteiger partial charge < -0.3 is 4.90 Å². The first kappa shape index (κ1) is 24.7. The second kappa shape index (κ2) is 9.93. The summed E-state index contributed by atoms with van der Waals surface area (Å²) in [6, 6.07) is 6.49. The molecule has 0 aliphatic carbocycles. The van der Waals surface area contributed by atoms with Gasteiger partial charge in [-0.05, 0) is 55.5 Å². The summed E-state index contributed by atoms with van der Waals surface area (Å²) in [4.78, 5) is 15.2. The quantitative estimate of drug-likeness (QED) is 0.513. The summed E-state index contributed by atoms with van der Waals surface area (Å²) in [7, 11) is -4.30.